The van der Waals surface area contributed by atoms with Gasteiger partial charge in [-0.3, -0.25) is 19.2 Å². The maximum atomic E-state index is 12.5. The number of thioether (sulfide) groups is 1. The SMILES string of the molecule is CC(=O)OC[C@H]1O[C@@H](S/C(Cc2ccccc2O[Si](C)(C)C(C)(C)C)=N\O[Si](C)(C)C(C)(C)C)[C@H](OC(C)=O)[C@@H](OC(C)=O)[C@@H]1OC(C)=O. The number of hydrogen-bond donors (Lipinski definition) is 0. The van der Waals surface area contributed by atoms with Gasteiger partial charge in [0.2, 0.25) is 8.32 Å². The number of benzene rings is 1. The van der Waals surface area contributed by atoms with Crippen molar-refractivity contribution >= 4 is 57.3 Å². The highest BCUT2D eigenvalue weighted by Crippen LogP contribution is 2.41. The number of carbonyl (C=O) groups is 4. The van der Waals surface area contributed by atoms with Gasteiger partial charge in [-0.25, -0.2) is 0 Å². The van der Waals surface area contributed by atoms with Crippen LogP contribution in [0.15, 0.2) is 29.4 Å². The Bertz CT molecular complexity index is 1370. The highest BCUT2D eigenvalue weighted by molar-refractivity contribution is 8.14. The Balaban J connectivity index is 2.70. The van der Waals surface area contributed by atoms with Crippen molar-refractivity contribution in [2.45, 2.75) is 142 Å². The molecule has 0 saturated carbocycles. The molecule has 49 heavy (non-hydrogen) atoms. The summed E-state index contributed by atoms with van der Waals surface area (Å²) < 4.78 is 41.6. The van der Waals surface area contributed by atoms with Crippen molar-refractivity contribution in [3.8, 4) is 5.75 Å². The average Bonchev–Trinajstić information content (AvgIpc) is 2.92. The van der Waals surface area contributed by atoms with Gasteiger partial charge in [-0.05, 0) is 47.9 Å². The molecule has 1 fully saturated rings. The Hall–Kier alpha value is -2.89. The van der Waals surface area contributed by atoms with Crippen LogP contribution < -0.4 is 4.43 Å². The summed E-state index contributed by atoms with van der Waals surface area (Å²) >= 11 is 1.12. The number of oxime groups is 1. The summed E-state index contributed by atoms with van der Waals surface area (Å²) in [5, 5.41) is 4.96. The highest BCUT2D eigenvalue weighted by atomic mass is 32.2. The molecule has 276 valence electrons. The molecule has 15 heteroatoms. The lowest BCUT2D eigenvalue weighted by Gasteiger charge is -2.44. The lowest BCUT2D eigenvalue weighted by atomic mass is 9.99. The maximum Gasteiger partial charge on any atom is 0.303 e. The molecule has 5 atom stereocenters. The Kier molecular flexibility index (Phi) is 14.6. The van der Waals surface area contributed by atoms with E-state index in [-0.39, 0.29) is 23.1 Å². The van der Waals surface area contributed by atoms with Gasteiger partial charge in [-0.2, -0.15) is 0 Å². The number of rotatable bonds is 12. The average molecular weight is 742 g/mol. The summed E-state index contributed by atoms with van der Waals surface area (Å²) in [6.07, 6.45) is -4.63. The minimum atomic E-state index is -2.41. The topological polar surface area (TPSA) is 145 Å². The van der Waals surface area contributed by atoms with Crippen molar-refractivity contribution in [1.29, 1.82) is 0 Å². The zero-order valence-corrected chi connectivity index (χ0v) is 34.3. The molecule has 12 nitrogen and oxygen atoms in total. The van der Waals surface area contributed by atoms with E-state index in [1.165, 1.54) is 27.7 Å². The smallest absolute Gasteiger partial charge is 0.303 e. The number of carbonyl (C=O) groups excluding carboxylic acids is 4. The molecule has 0 spiro atoms. The first kappa shape index (κ1) is 42.3. The van der Waals surface area contributed by atoms with E-state index in [9.17, 15) is 19.2 Å². The van der Waals surface area contributed by atoms with Crippen molar-refractivity contribution < 1.29 is 51.8 Å². The third-order valence-electron chi connectivity index (χ3n) is 8.87. The van der Waals surface area contributed by atoms with Gasteiger partial charge in [0.25, 0.3) is 8.32 Å². The number of para-hydroxylation sites is 1. The second-order valence-corrected chi connectivity index (χ2v) is 25.8. The van der Waals surface area contributed by atoms with Crippen molar-refractivity contribution in [3.63, 3.8) is 0 Å². The number of esters is 4. The summed E-state index contributed by atoms with van der Waals surface area (Å²) in [6.45, 7) is 25.8. The Labute approximate surface area is 297 Å². The van der Waals surface area contributed by atoms with Gasteiger partial charge in [0.05, 0.1) is 0 Å². The fraction of sp³-hybridized carbons (Fsp3) is 0.676. The fourth-order valence-electron chi connectivity index (χ4n) is 4.16. The molecule has 1 aromatic rings. The van der Waals surface area contributed by atoms with Crippen molar-refractivity contribution in [2.24, 2.45) is 5.16 Å². The Morgan fingerprint density at radius 1 is 0.755 bits per heavy atom. The first-order valence-corrected chi connectivity index (χ1v) is 23.0. The fourth-order valence-corrected chi connectivity index (χ4v) is 7.02. The van der Waals surface area contributed by atoms with E-state index >= 15 is 0 Å². The Morgan fingerprint density at radius 3 is 1.78 bits per heavy atom. The van der Waals surface area contributed by atoms with E-state index in [0.29, 0.717) is 5.04 Å². The van der Waals surface area contributed by atoms with E-state index in [1.54, 1.807) is 0 Å². The van der Waals surface area contributed by atoms with Gasteiger partial charge < -0.3 is 32.6 Å². The molecule has 1 heterocycles. The molecule has 0 aromatic heterocycles. The van der Waals surface area contributed by atoms with Gasteiger partial charge in [0.1, 0.15) is 28.9 Å². The molecular weight excluding hydrogens is 687 g/mol. The first-order chi connectivity index (χ1) is 22.3. The molecule has 0 aliphatic carbocycles. The van der Waals surface area contributed by atoms with Crippen molar-refractivity contribution in [1.82, 2.24) is 0 Å². The molecule has 2 rings (SSSR count). The summed E-state index contributed by atoms with van der Waals surface area (Å²) in [5.41, 5.74) is -0.209. The van der Waals surface area contributed by atoms with Crippen LogP contribution in [0.1, 0.15) is 74.8 Å². The predicted molar refractivity (Wildman–Crippen MR) is 193 cm³/mol. The number of ether oxygens (including phenoxy) is 5. The van der Waals surface area contributed by atoms with Gasteiger partial charge in [0.15, 0.2) is 18.3 Å². The third-order valence-corrected chi connectivity index (χ3v) is 18.5. The molecule has 1 saturated heterocycles. The van der Waals surface area contributed by atoms with E-state index in [0.717, 1.165) is 23.1 Å². The molecule has 1 aromatic carbocycles. The van der Waals surface area contributed by atoms with Crippen LogP contribution in [0.2, 0.25) is 36.3 Å². The van der Waals surface area contributed by atoms with Gasteiger partial charge in [-0.1, -0.05) is 76.7 Å². The van der Waals surface area contributed by atoms with E-state index in [1.807, 2.05) is 24.3 Å². The normalized spacial score (nSPS) is 22.1. The maximum absolute atomic E-state index is 12.5. The first-order valence-electron chi connectivity index (χ1n) is 16.3. The largest absolute Gasteiger partial charge is 0.543 e. The summed E-state index contributed by atoms with van der Waals surface area (Å²) in [4.78, 5) is 48.8. The zero-order valence-electron chi connectivity index (χ0n) is 31.5. The molecule has 1 aliphatic heterocycles. The van der Waals surface area contributed by atoms with Crippen LogP contribution in [0.25, 0.3) is 0 Å². The molecule has 1 aliphatic rings. The van der Waals surface area contributed by atoms with Gasteiger partial charge in [-0.15, -0.1) is 0 Å². The summed E-state index contributed by atoms with van der Waals surface area (Å²) in [6, 6.07) is 7.72. The lowest BCUT2D eigenvalue weighted by Crippen LogP contribution is -2.61. The van der Waals surface area contributed by atoms with Crippen molar-refractivity contribution in [2.75, 3.05) is 6.61 Å². The lowest BCUT2D eigenvalue weighted by molar-refractivity contribution is -0.237. The second-order valence-electron chi connectivity index (χ2n) is 15.2. The molecule has 0 unspecified atom stereocenters. The van der Waals surface area contributed by atoms with Crippen LogP contribution in [0, 0.1) is 0 Å². The second kappa shape index (κ2) is 16.9. The van der Waals surface area contributed by atoms with Crippen LogP contribution in [0.3, 0.4) is 0 Å². The van der Waals surface area contributed by atoms with Crippen LogP contribution in [0.4, 0.5) is 0 Å². The van der Waals surface area contributed by atoms with E-state index in [2.05, 4.69) is 67.7 Å². The quantitative estimate of drug-likeness (QED) is 0.0557. The molecule has 0 bridgehead atoms. The van der Waals surface area contributed by atoms with Crippen LogP contribution >= 0.6 is 11.8 Å². The third kappa shape index (κ3) is 12.4. The molecule has 0 N–H and O–H groups in total. The van der Waals surface area contributed by atoms with E-state index in [4.69, 9.17) is 37.8 Å². The molecule has 0 radical (unpaired) electrons. The van der Waals surface area contributed by atoms with Crippen LogP contribution in [-0.2, 0) is 53.8 Å². The zero-order chi connectivity index (χ0) is 37.5. The Morgan fingerprint density at radius 2 is 1.27 bits per heavy atom. The minimum absolute atomic E-state index is 0.0500. The predicted octanol–water partition coefficient (Wildman–Crippen LogP) is 6.76. The minimum Gasteiger partial charge on any atom is -0.543 e. The van der Waals surface area contributed by atoms with Crippen LogP contribution in [0.5, 0.6) is 5.75 Å². The number of nitrogens with zero attached hydrogens (tertiary/aromatic N) is 1. The number of hydrogen-bond acceptors (Lipinski definition) is 13. The molecule has 0 amide bonds. The highest BCUT2D eigenvalue weighted by Gasteiger charge is 2.53. The van der Waals surface area contributed by atoms with E-state index < -0.39 is 70.4 Å². The van der Waals surface area contributed by atoms with Gasteiger partial charge >= 0.3 is 23.9 Å². The van der Waals surface area contributed by atoms with Gasteiger partial charge in [0, 0.05) is 34.1 Å². The van der Waals surface area contributed by atoms with Crippen molar-refractivity contribution in [3.05, 3.63) is 29.8 Å². The summed E-state index contributed by atoms with van der Waals surface area (Å²) in [7, 11) is -4.64. The standard InChI is InChI=1S/C34H55NO11SSi2/c1-21(36)40-20-27-29(41-22(2)37)30(42-23(3)38)31(43-24(4)39)32(44-27)47-28(35-46-49(13,14)34(8,9)10)19-25-17-15-16-18-26(25)45-48(11,12)33(5,6)7/h15-18,27,29-32H,19-20H2,1-14H3/b35-28-/t27-,29-,30+,31-,32+/m1/s1. The molecular formula is C34H55NO11SSi2. The monoisotopic (exact) mass is 741 g/mol. The van der Waals surface area contributed by atoms with Crippen LogP contribution in [-0.4, -0.2) is 82.0 Å². The summed E-state index contributed by atoms with van der Waals surface area (Å²) in [5.74, 6) is -1.96.